The van der Waals surface area contributed by atoms with Crippen molar-refractivity contribution in [1.29, 1.82) is 0 Å². The van der Waals surface area contributed by atoms with E-state index >= 15 is 0 Å². The highest BCUT2D eigenvalue weighted by Crippen LogP contribution is 2.09. The molecule has 0 saturated carbocycles. The third-order valence-electron chi connectivity index (χ3n) is 2.14. The molecule has 0 bridgehead atoms. The number of aromatic nitrogens is 1. The van der Waals surface area contributed by atoms with Gasteiger partial charge in [0.15, 0.2) is 0 Å². The topological polar surface area (TPSA) is 98.1 Å². The Hall–Kier alpha value is -1.70. The largest absolute Gasteiger partial charge is 0.489 e. The highest BCUT2D eigenvalue weighted by molar-refractivity contribution is 5.85. The van der Waals surface area contributed by atoms with E-state index in [9.17, 15) is 9.90 Å². The molecule has 0 aliphatic rings. The maximum Gasteiger partial charge on any atom is 0.354 e. The van der Waals surface area contributed by atoms with Crippen molar-refractivity contribution in [1.82, 2.24) is 4.98 Å². The lowest BCUT2D eigenvalue weighted by molar-refractivity contribution is -0.00424. The summed E-state index contributed by atoms with van der Waals surface area (Å²) < 4.78 is 15.2. The number of hydrogen-bond donors (Lipinski definition) is 2. The summed E-state index contributed by atoms with van der Waals surface area (Å²) in [6.07, 6.45) is 0.526. The summed E-state index contributed by atoms with van der Waals surface area (Å²) in [6.45, 7) is 1.06. The minimum Gasteiger partial charge on any atom is -0.489 e. The van der Waals surface area contributed by atoms with Crippen molar-refractivity contribution in [2.24, 2.45) is 0 Å². The summed E-state index contributed by atoms with van der Waals surface area (Å²) in [7, 11) is 1.57. The summed E-state index contributed by atoms with van der Waals surface area (Å²) in [5.41, 5.74) is -0.0594. The van der Waals surface area contributed by atoms with Crippen LogP contribution in [0.2, 0.25) is 0 Å². The van der Waals surface area contributed by atoms with Crippen molar-refractivity contribution < 1.29 is 29.2 Å². The molecule has 7 nitrogen and oxygen atoms in total. The molecule has 1 aromatic heterocycles. The Morgan fingerprint density at radius 2 is 2.16 bits per heavy atom. The SMILES string of the molecule is COCCOCC(O)COc1ccc(C(=O)O)nc1. The van der Waals surface area contributed by atoms with Gasteiger partial charge < -0.3 is 24.4 Å². The molecule has 0 aromatic carbocycles. The van der Waals surface area contributed by atoms with Crippen molar-refractivity contribution >= 4 is 5.97 Å². The molecular formula is C12H17NO6. The van der Waals surface area contributed by atoms with Crippen LogP contribution in [-0.2, 0) is 9.47 Å². The van der Waals surface area contributed by atoms with Gasteiger partial charge in [0.1, 0.15) is 24.2 Å². The van der Waals surface area contributed by atoms with Crippen LogP contribution in [0, 0.1) is 0 Å². The fourth-order valence-electron chi connectivity index (χ4n) is 1.19. The molecule has 2 N–H and O–H groups in total. The van der Waals surface area contributed by atoms with Crippen LogP contribution in [0.3, 0.4) is 0 Å². The summed E-state index contributed by atoms with van der Waals surface area (Å²) in [6, 6.07) is 2.81. The van der Waals surface area contributed by atoms with Gasteiger partial charge in [-0.1, -0.05) is 0 Å². The lowest BCUT2D eigenvalue weighted by Crippen LogP contribution is -2.24. The van der Waals surface area contributed by atoms with E-state index in [1.54, 1.807) is 7.11 Å². The molecule has 106 valence electrons. The normalized spacial score (nSPS) is 12.1. The Labute approximate surface area is 110 Å². The van der Waals surface area contributed by atoms with Gasteiger partial charge >= 0.3 is 5.97 Å². The molecule has 0 fully saturated rings. The van der Waals surface area contributed by atoms with Crippen molar-refractivity contribution in [3.63, 3.8) is 0 Å². The van der Waals surface area contributed by atoms with Crippen LogP contribution in [-0.4, -0.2) is 60.8 Å². The number of rotatable bonds is 9. The third kappa shape index (κ3) is 6.14. The molecule has 0 aliphatic heterocycles. The second-order valence-corrected chi connectivity index (χ2v) is 3.72. The molecule has 1 heterocycles. The van der Waals surface area contributed by atoms with Gasteiger partial charge in [0.25, 0.3) is 0 Å². The van der Waals surface area contributed by atoms with E-state index in [0.29, 0.717) is 19.0 Å². The van der Waals surface area contributed by atoms with E-state index < -0.39 is 12.1 Å². The van der Waals surface area contributed by atoms with Gasteiger partial charge in [-0.2, -0.15) is 0 Å². The lowest BCUT2D eigenvalue weighted by Gasteiger charge is -2.12. The Balaban J connectivity index is 2.25. The zero-order valence-electron chi connectivity index (χ0n) is 10.6. The molecule has 0 saturated heterocycles. The predicted octanol–water partition coefficient (Wildman–Crippen LogP) is 0.182. The Morgan fingerprint density at radius 1 is 1.37 bits per heavy atom. The van der Waals surface area contributed by atoms with Crippen molar-refractivity contribution in [3.8, 4) is 5.75 Å². The zero-order valence-corrected chi connectivity index (χ0v) is 10.6. The fraction of sp³-hybridized carbons (Fsp3) is 0.500. The number of aliphatic hydroxyl groups excluding tert-OH is 1. The number of aromatic carboxylic acids is 1. The van der Waals surface area contributed by atoms with Gasteiger partial charge in [0.05, 0.1) is 26.0 Å². The first-order valence-electron chi connectivity index (χ1n) is 5.70. The lowest BCUT2D eigenvalue weighted by atomic mass is 10.3. The molecule has 0 spiro atoms. The number of hydrogen-bond acceptors (Lipinski definition) is 6. The van der Waals surface area contributed by atoms with Gasteiger partial charge in [-0.3, -0.25) is 0 Å². The highest BCUT2D eigenvalue weighted by Gasteiger charge is 2.07. The minimum absolute atomic E-state index is 0.0427. The third-order valence-corrected chi connectivity index (χ3v) is 2.14. The first kappa shape index (κ1) is 15.4. The average Bonchev–Trinajstić information content (AvgIpc) is 2.42. The standard InChI is InChI=1S/C12H17NO6/c1-17-4-5-18-7-9(14)8-19-10-2-3-11(12(15)16)13-6-10/h2-3,6,9,14H,4-5,7-8H2,1H3,(H,15,16). The van der Waals surface area contributed by atoms with Crippen LogP contribution in [0.15, 0.2) is 18.3 Å². The Bertz CT molecular complexity index is 380. The number of aliphatic hydroxyl groups is 1. The zero-order chi connectivity index (χ0) is 14.1. The van der Waals surface area contributed by atoms with Gasteiger partial charge in [-0.15, -0.1) is 0 Å². The van der Waals surface area contributed by atoms with E-state index in [-0.39, 0.29) is 18.9 Å². The number of ether oxygens (including phenoxy) is 3. The monoisotopic (exact) mass is 271 g/mol. The maximum absolute atomic E-state index is 10.6. The van der Waals surface area contributed by atoms with E-state index in [2.05, 4.69) is 4.98 Å². The number of carboxylic acid groups (broad SMARTS) is 1. The molecule has 1 aromatic rings. The predicted molar refractivity (Wildman–Crippen MR) is 65.4 cm³/mol. The quantitative estimate of drug-likeness (QED) is 0.618. The Kier molecular flexibility index (Phi) is 6.80. The molecule has 0 amide bonds. The molecule has 1 atom stereocenters. The highest BCUT2D eigenvalue weighted by atomic mass is 16.5. The van der Waals surface area contributed by atoms with Crippen LogP contribution < -0.4 is 4.74 Å². The van der Waals surface area contributed by atoms with E-state index in [1.165, 1.54) is 18.3 Å². The van der Waals surface area contributed by atoms with E-state index in [1.807, 2.05) is 0 Å². The smallest absolute Gasteiger partial charge is 0.354 e. The van der Waals surface area contributed by atoms with Crippen molar-refractivity contribution in [2.45, 2.75) is 6.10 Å². The molecule has 0 radical (unpaired) electrons. The minimum atomic E-state index is -1.10. The second-order valence-electron chi connectivity index (χ2n) is 3.72. The number of carboxylic acids is 1. The van der Waals surface area contributed by atoms with Crippen LogP contribution in [0.5, 0.6) is 5.75 Å². The molecular weight excluding hydrogens is 254 g/mol. The second kappa shape index (κ2) is 8.41. The van der Waals surface area contributed by atoms with Gasteiger partial charge in [-0.25, -0.2) is 9.78 Å². The van der Waals surface area contributed by atoms with Gasteiger partial charge in [-0.05, 0) is 12.1 Å². The molecule has 0 aliphatic carbocycles. The molecule has 1 rings (SSSR count). The summed E-state index contributed by atoms with van der Waals surface area (Å²) in [5, 5.41) is 18.2. The van der Waals surface area contributed by atoms with Crippen LogP contribution >= 0.6 is 0 Å². The van der Waals surface area contributed by atoms with Crippen molar-refractivity contribution in [3.05, 3.63) is 24.0 Å². The average molecular weight is 271 g/mol. The Morgan fingerprint density at radius 3 is 2.74 bits per heavy atom. The van der Waals surface area contributed by atoms with Crippen LogP contribution in [0.4, 0.5) is 0 Å². The number of carbonyl (C=O) groups is 1. The van der Waals surface area contributed by atoms with Gasteiger partial charge in [0, 0.05) is 7.11 Å². The van der Waals surface area contributed by atoms with E-state index in [0.717, 1.165) is 0 Å². The summed E-state index contributed by atoms with van der Waals surface area (Å²) in [5.74, 6) is -0.709. The summed E-state index contributed by atoms with van der Waals surface area (Å²) >= 11 is 0. The number of methoxy groups -OCH3 is 1. The molecule has 7 heteroatoms. The maximum atomic E-state index is 10.6. The molecule has 1 unspecified atom stereocenters. The first-order chi connectivity index (χ1) is 9.13. The fourth-order valence-corrected chi connectivity index (χ4v) is 1.19. The van der Waals surface area contributed by atoms with Gasteiger partial charge in [0.2, 0.25) is 0 Å². The van der Waals surface area contributed by atoms with Crippen LogP contribution in [0.25, 0.3) is 0 Å². The van der Waals surface area contributed by atoms with Crippen LogP contribution in [0.1, 0.15) is 10.5 Å². The first-order valence-corrected chi connectivity index (χ1v) is 5.70. The number of pyridine rings is 1. The summed E-state index contributed by atoms with van der Waals surface area (Å²) in [4.78, 5) is 14.3. The van der Waals surface area contributed by atoms with E-state index in [4.69, 9.17) is 19.3 Å². The van der Waals surface area contributed by atoms with Crippen molar-refractivity contribution in [2.75, 3.05) is 33.5 Å². The number of nitrogens with zero attached hydrogens (tertiary/aromatic N) is 1. The molecule has 19 heavy (non-hydrogen) atoms.